The number of rotatable bonds is 7. The van der Waals surface area contributed by atoms with Gasteiger partial charge in [0.05, 0.1) is 0 Å². The van der Waals surface area contributed by atoms with E-state index in [2.05, 4.69) is 25.4 Å². The second-order valence-electron chi connectivity index (χ2n) is 7.45. The summed E-state index contributed by atoms with van der Waals surface area (Å²) in [7, 11) is 0. The largest absolute Gasteiger partial charge is 0.350 e. The summed E-state index contributed by atoms with van der Waals surface area (Å²) in [6, 6.07) is 7.86. The Hall–Kier alpha value is -1.51. The zero-order valence-corrected chi connectivity index (χ0v) is 17.7. The van der Waals surface area contributed by atoms with Crippen LogP contribution in [0.2, 0.25) is 0 Å². The van der Waals surface area contributed by atoms with E-state index in [0.717, 1.165) is 35.9 Å². The quantitative estimate of drug-likeness (QED) is 0.674. The molecule has 1 aliphatic carbocycles. The van der Waals surface area contributed by atoms with E-state index in [-0.39, 0.29) is 11.4 Å². The van der Waals surface area contributed by atoms with Gasteiger partial charge in [-0.2, -0.15) is 16.9 Å². The minimum Gasteiger partial charge on any atom is -0.350 e. The molecule has 2 aliphatic rings. The van der Waals surface area contributed by atoms with Gasteiger partial charge in [0, 0.05) is 48.0 Å². The summed E-state index contributed by atoms with van der Waals surface area (Å²) in [5, 5.41) is 10.8. The SMILES string of the molecule is O=C(NCC1(N2CCSCC2)CCCC1)c1ccccc1CSc1ncn[nH]1. The van der Waals surface area contributed by atoms with Gasteiger partial charge in [0.2, 0.25) is 0 Å². The smallest absolute Gasteiger partial charge is 0.251 e. The minimum absolute atomic E-state index is 0.0337. The Labute approximate surface area is 174 Å². The second kappa shape index (κ2) is 9.33. The molecule has 4 rings (SSSR count). The van der Waals surface area contributed by atoms with Gasteiger partial charge in [-0.15, -0.1) is 0 Å². The zero-order valence-electron chi connectivity index (χ0n) is 16.0. The molecule has 0 radical (unpaired) electrons. The molecule has 28 heavy (non-hydrogen) atoms. The molecule has 1 aliphatic heterocycles. The number of aromatic amines is 1. The highest BCUT2D eigenvalue weighted by molar-refractivity contribution is 7.99. The molecule has 150 valence electrons. The molecule has 0 spiro atoms. The van der Waals surface area contributed by atoms with E-state index in [1.54, 1.807) is 11.8 Å². The molecule has 2 N–H and O–H groups in total. The maximum Gasteiger partial charge on any atom is 0.251 e. The highest BCUT2D eigenvalue weighted by atomic mass is 32.2. The summed E-state index contributed by atoms with van der Waals surface area (Å²) in [4.78, 5) is 19.8. The zero-order chi connectivity index (χ0) is 19.2. The van der Waals surface area contributed by atoms with Crippen LogP contribution in [-0.2, 0) is 5.75 Å². The Morgan fingerprint density at radius 2 is 2.04 bits per heavy atom. The highest BCUT2D eigenvalue weighted by Gasteiger charge is 2.40. The van der Waals surface area contributed by atoms with Gasteiger partial charge in [0.1, 0.15) is 6.33 Å². The summed E-state index contributed by atoms with van der Waals surface area (Å²) in [5.74, 6) is 3.13. The fraction of sp³-hybridized carbons (Fsp3) is 0.550. The molecule has 0 unspecified atom stereocenters. The van der Waals surface area contributed by atoms with Crippen molar-refractivity contribution in [3.63, 3.8) is 0 Å². The molecule has 0 bridgehead atoms. The van der Waals surface area contributed by atoms with E-state index in [4.69, 9.17) is 0 Å². The molecule has 0 atom stereocenters. The van der Waals surface area contributed by atoms with Gasteiger partial charge in [-0.05, 0) is 24.5 Å². The van der Waals surface area contributed by atoms with E-state index in [0.29, 0.717) is 5.75 Å². The Morgan fingerprint density at radius 1 is 1.25 bits per heavy atom. The summed E-state index contributed by atoms with van der Waals surface area (Å²) < 4.78 is 0. The van der Waals surface area contributed by atoms with Crippen molar-refractivity contribution >= 4 is 29.4 Å². The first kappa shape index (κ1) is 19.8. The Balaban J connectivity index is 1.41. The van der Waals surface area contributed by atoms with Crippen molar-refractivity contribution in [3.8, 4) is 0 Å². The molecule has 8 heteroatoms. The first-order chi connectivity index (χ1) is 13.8. The summed E-state index contributed by atoms with van der Waals surface area (Å²) >= 11 is 3.60. The maximum absolute atomic E-state index is 13.0. The molecular formula is C20H27N5OS2. The maximum atomic E-state index is 13.0. The second-order valence-corrected chi connectivity index (χ2v) is 9.64. The number of carbonyl (C=O) groups excluding carboxylic acids is 1. The van der Waals surface area contributed by atoms with Crippen LogP contribution in [0.4, 0.5) is 0 Å². The van der Waals surface area contributed by atoms with Crippen LogP contribution in [0.1, 0.15) is 41.6 Å². The lowest BCUT2D eigenvalue weighted by Crippen LogP contribution is -2.56. The molecule has 1 saturated heterocycles. The fourth-order valence-corrected chi connectivity index (χ4v) is 5.98. The summed E-state index contributed by atoms with van der Waals surface area (Å²) in [5.41, 5.74) is 1.94. The minimum atomic E-state index is 0.0337. The van der Waals surface area contributed by atoms with E-state index < -0.39 is 0 Å². The molecule has 1 aromatic heterocycles. The van der Waals surface area contributed by atoms with E-state index in [1.807, 2.05) is 36.0 Å². The van der Waals surface area contributed by atoms with E-state index in [9.17, 15) is 4.79 Å². The van der Waals surface area contributed by atoms with Crippen molar-refractivity contribution in [2.45, 2.75) is 42.1 Å². The molecule has 1 saturated carbocycles. The monoisotopic (exact) mass is 417 g/mol. The number of H-pyrrole nitrogens is 1. The number of carbonyl (C=O) groups is 1. The number of hydrogen-bond donors (Lipinski definition) is 2. The number of aromatic nitrogens is 3. The molecule has 2 aromatic rings. The van der Waals surface area contributed by atoms with Gasteiger partial charge in [-0.3, -0.25) is 14.8 Å². The number of amides is 1. The number of hydrogen-bond acceptors (Lipinski definition) is 6. The first-order valence-corrected chi connectivity index (χ1v) is 12.1. The lowest BCUT2D eigenvalue weighted by Gasteiger charge is -2.43. The van der Waals surface area contributed by atoms with Crippen LogP contribution in [0, 0.1) is 0 Å². The Bertz CT molecular complexity index is 771. The van der Waals surface area contributed by atoms with Crippen LogP contribution in [0.5, 0.6) is 0 Å². The van der Waals surface area contributed by atoms with Crippen LogP contribution in [0.15, 0.2) is 35.7 Å². The first-order valence-electron chi connectivity index (χ1n) is 9.94. The van der Waals surface area contributed by atoms with Crippen molar-refractivity contribution in [1.82, 2.24) is 25.4 Å². The predicted octanol–water partition coefficient (Wildman–Crippen LogP) is 3.19. The lowest BCUT2D eigenvalue weighted by atomic mass is 9.94. The third-order valence-corrected chi connectivity index (χ3v) is 7.68. The van der Waals surface area contributed by atoms with Crippen molar-refractivity contribution in [2.24, 2.45) is 0 Å². The topological polar surface area (TPSA) is 73.9 Å². The van der Waals surface area contributed by atoms with Gasteiger partial charge in [0.15, 0.2) is 5.16 Å². The van der Waals surface area contributed by atoms with Gasteiger partial charge >= 0.3 is 0 Å². The van der Waals surface area contributed by atoms with E-state index in [1.165, 1.54) is 43.5 Å². The van der Waals surface area contributed by atoms with Crippen molar-refractivity contribution in [3.05, 3.63) is 41.7 Å². The van der Waals surface area contributed by atoms with Gasteiger partial charge in [-0.1, -0.05) is 42.8 Å². The molecule has 2 fully saturated rings. The molecule has 1 amide bonds. The van der Waals surface area contributed by atoms with Crippen molar-refractivity contribution < 1.29 is 4.79 Å². The van der Waals surface area contributed by atoms with Crippen LogP contribution in [0.3, 0.4) is 0 Å². The molecule has 6 nitrogen and oxygen atoms in total. The fourth-order valence-electron chi connectivity index (χ4n) is 4.29. The third kappa shape index (κ3) is 4.55. The van der Waals surface area contributed by atoms with Crippen molar-refractivity contribution in [2.75, 3.05) is 31.1 Å². The van der Waals surface area contributed by atoms with Gasteiger partial charge in [0.25, 0.3) is 5.91 Å². The van der Waals surface area contributed by atoms with Crippen LogP contribution < -0.4 is 5.32 Å². The number of nitrogens with zero attached hydrogens (tertiary/aromatic N) is 3. The summed E-state index contributed by atoms with van der Waals surface area (Å²) in [6.45, 7) is 3.04. The van der Waals surface area contributed by atoms with E-state index >= 15 is 0 Å². The summed E-state index contributed by atoms with van der Waals surface area (Å²) in [6.07, 6.45) is 6.43. The number of nitrogens with one attached hydrogen (secondary N) is 2. The number of thioether (sulfide) groups is 2. The van der Waals surface area contributed by atoms with Gasteiger partial charge < -0.3 is 5.32 Å². The average molecular weight is 418 g/mol. The third-order valence-electron chi connectivity index (χ3n) is 5.81. The van der Waals surface area contributed by atoms with Crippen molar-refractivity contribution in [1.29, 1.82) is 0 Å². The van der Waals surface area contributed by atoms with Crippen LogP contribution >= 0.6 is 23.5 Å². The van der Waals surface area contributed by atoms with Crippen LogP contribution in [-0.4, -0.2) is 62.7 Å². The molecular weight excluding hydrogens is 390 g/mol. The Morgan fingerprint density at radius 3 is 2.79 bits per heavy atom. The lowest BCUT2D eigenvalue weighted by molar-refractivity contribution is 0.0817. The molecule has 1 aromatic carbocycles. The highest BCUT2D eigenvalue weighted by Crippen LogP contribution is 2.36. The predicted molar refractivity (Wildman–Crippen MR) is 115 cm³/mol. The normalized spacial score (nSPS) is 19.6. The molecule has 2 heterocycles. The van der Waals surface area contributed by atoms with Gasteiger partial charge in [-0.25, -0.2) is 4.98 Å². The van der Waals surface area contributed by atoms with Crippen LogP contribution in [0.25, 0.3) is 0 Å². The standard InChI is InChI=1S/C20H27N5OS2/c26-18(17-6-2-1-5-16(17)13-28-19-22-15-23-24-19)21-14-20(7-3-4-8-20)25-9-11-27-12-10-25/h1-2,5-6,15H,3-4,7-14H2,(H,21,26)(H,22,23,24). The Kier molecular flexibility index (Phi) is 6.59. The average Bonchev–Trinajstić information content (AvgIpc) is 3.44. The number of benzene rings is 1.